The van der Waals surface area contributed by atoms with E-state index in [4.69, 9.17) is 4.74 Å². The molecule has 1 unspecified atom stereocenters. The Kier molecular flexibility index (Phi) is 9.23. The number of nitrogens with zero attached hydrogens (tertiary/aromatic N) is 1. The lowest BCUT2D eigenvalue weighted by molar-refractivity contribution is -0.147. The Morgan fingerprint density at radius 3 is 2.06 bits per heavy atom. The van der Waals surface area contributed by atoms with E-state index in [1.165, 1.54) is 12.0 Å². The van der Waals surface area contributed by atoms with Gasteiger partial charge in [-0.25, -0.2) is 4.79 Å². The van der Waals surface area contributed by atoms with Gasteiger partial charge < -0.3 is 25.0 Å². The van der Waals surface area contributed by atoms with Crippen LogP contribution in [0.25, 0.3) is 0 Å². The molecule has 9 heteroatoms. The van der Waals surface area contributed by atoms with Crippen molar-refractivity contribution < 1.29 is 28.7 Å². The van der Waals surface area contributed by atoms with Gasteiger partial charge in [0, 0.05) is 5.54 Å². The molecule has 0 spiro atoms. The number of nitrogens with one attached hydrogen (secondary N) is 2. The summed E-state index contributed by atoms with van der Waals surface area (Å²) >= 11 is 0. The number of hydrogen-bond donors (Lipinski definition) is 2. The van der Waals surface area contributed by atoms with Gasteiger partial charge in [-0.15, -0.1) is 0 Å². The number of methoxy groups -OCH3 is 1. The molecular weight excluding hydrogens is 414 g/mol. The first-order valence-corrected chi connectivity index (χ1v) is 10.4. The Hall–Kier alpha value is -3.10. The van der Waals surface area contributed by atoms with E-state index in [1.807, 2.05) is 19.1 Å². The molecular formula is C23H35N3O6. The fourth-order valence-corrected chi connectivity index (χ4v) is 3.07. The van der Waals surface area contributed by atoms with Crippen LogP contribution in [0, 0.1) is 6.92 Å². The van der Waals surface area contributed by atoms with Crippen molar-refractivity contribution in [3.8, 4) is 0 Å². The van der Waals surface area contributed by atoms with Crippen LogP contribution in [-0.4, -0.2) is 60.1 Å². The van der Waals surface area contributed by atoms with E-state index in [0.717, 1.165) is 5.56 Å². The van der Waals surface area contributed by atoms with Crippen LogP contribution in [0.15, 0.2) is 24.3 Å². The molecule has 0 fully saturated rings. The Morgan fingerprint density at radius 2 is 1.56 bits per heavy atom. The van der Waals surface area contributed by atoms with Crippen LogP contribution in [-0.2, 0) is 23.9 Å². The normalized spacial score (nSPS) is 12.4. The number of ether oxygens (including phenoxy) is 2. The van der Waals surface area contributed by atoms with Crippen molar-refractivity contribution in [2.45, 2.75) is 65.6 Å². The largest absolute Gasteiger partial charge is 0.468 e. The zero-order valence-electron chi connectivity index (χ0n) is 20.2. The number of esters is 1. The SMILES string of the molecule is COC(=O)CNC(=O)C(c1ccccc1C)N(C(=O)CNC(=O)OC(C)(C)C)C(C)(C)C. The molecule has 178 valence electrons. The molecule has 0 aromatic heterocycles. The number of hydrogen-bond acceptors (Lipinski definition) is 6. The highest BCUT2D eigenvalue weighted by Gasteiger charge is 2.39. The predicted octanol–water partition coefficient (Wildman–Crippen LogP) is 2.48. The summed E-state index contributed by atoms with van der Waals surface area (Å²) in [6.07, 6.45) is -0.734. The molecule has 0 saturated carbocycles. The number of carbonyl (C=O) groups excluding carboxylic acids is 4. The van der Waals surface area contributed by atoms with Gasteiger partial charge in [-0.05, 0) is 59.6 Å². The Labute approximate surface area is 189 Å². The van der Waals surface area contributed by atoms with Gasteiger partial charge in [-0.1, -0.05) is 24.3 Å². The number of aryl methyl sites for hydroxylation is 1. The van der Waals surface area contributed by atoms with E-state index in [2.05, 4.69) is 15.4 Å². The van der Waals surface area contributed by atoms with Crippen molar-refractivity contribution in [1.29, 1.82) is 0 Å². The van der Waals surface area contributed by atoms with Gasteiger partial charge in [0.2, 0.25) is 11.8 Å². The first-order chi connectivity index (χ1) is 14.7. The van der Waals surface area contributed by atoms with Crippen LogP contribution < -0.4 is 10.6 Å². The molecule has 0 heterocycles. The second-order valence-corrected chi connectivity index (χ2v) is 9.34. The minimum Gasteiger partial charge on any atom is -0.468 e. The van der Waals surface area contributed by atoms with Crippen LogP contribution >= 0.6 is 0 Å². The second-order valence-electron chi connectivity index (χ2n) is 9.34. The fourth-order valence-electron chi connectivity index (χ4n) is 3.07. The molecule has 1 aromatic carbocycles. The van der Waals surface area contributed by atoms with E-state index in [0.29, 0.717) is 5.56 Å². The maximum atomic E-state index is 13.3. The standard InChI is InChI=1S/C23H35N3O6/c1-15-11-9-10-12-16(15)19(20(29)24-14-18(28)31-8)26(22(2,3)4)17(27)13-25-21(30)32-23(5,6)7/h9-12,19H,13-14H2,1-8H3,(H,24,29)(H,25,30). The number of carbonyl (C=O) groups is 4. The van der Waals surface area contributed by atoms with Crippen molar-refractivity contribution >= 4 is 23.9 Å². The van der Waals surface area contributed by atoms with Gasteiger partial charge in [-0.3, -0.25) is 14.4 Å². The Bertz CT molecular complexity index is 839. The summed E-state index contributed by atoms with van der Waals surface area (Å²) in [6.45, 7) is 11.7. The molecule has 0 radical (unpaired) electrons. The van der Waals surface area contributed by atoms with E-state index in [-0.39, 0.29) is 13.1 Å². The summed E-state index contributed by atoms with van der Waals surface area (Å²) in [7, 11) is 1.22. The highest BCUT2D eigenvalue weighted by Crippen LogP contribution is 2.30. The molecule has 1 atom stereocenters. The Morgan fingerprint density at radius 1 is 0.969 bits per heavy atom. The lowest BCUT2D eigenvalue weighted by Gasteiger charge is -2.41. The summed E-state index contributed by atoms with van der Waals surface area (Å²) in [5.41, 5.74) is -0.0976. The Balaban J connectivity index is 3.28. The van der Waals surface area contributed by atoms with Gasteiger partial charge in [0.1, 0.15) is 24.7 Å². The number of benzene rings is 1. The van der Waals surface area contributed by atoms with E-state index < -0.39 is 41.1 Å². The van der Waals surface area contributed by atoms with E-state index in [9.17, 15) is 19.2 Å². The third kappa shape index (κ3) is 8.20. The number of alkyl carbamates (subject to hydrolysis) is 1. The molecule has 1 aromatic rings. The average Bonchev–Trinajstić information content (AvgIpc) is 2.66. The molecule has 32 heavy (non-hydrogen) atoms. The quantitative estimate of drug-likeness (QED) is 0.618. The molecule has 2 N–H and O–H groups in total. The summed E-state index contributed by atoms with van der Waals surface area (Å²) in [4.78, 5) is 51.5. The molecule has 0 saturated heterocycles. The molecule has 0 aliphatic carbocycles. The van der Waals surface area contributed by atoms with Crippen LogP contribution in [0.4, 0.5) is 4.79 Å². The van der Waals surface area contributed by atoms with Crippen LogP contribution in [0.3, 0.4) is 0 Å². The summed E-state index contributed by atoms with van der Waals surface area (Å²) in [5.74, 6) is -1.63. The predicted molar refractivity (Wildman–Crippen MR) is 120 cm³/mol. The zero-order chi connectivity index (χ0) is 24.7. The molecule has 0 aliphatic heterocycles. The maximum absolute atomic E-state index is 13.3. The first-order valence-electron chi connectivity index (χ1n) is 10.4. The van der Waals surface area contributed by atoms with E-state index in [1.54, 1.807) is 53.7 Å². The van der Waals surface area contributed by atoms with Crippen molar-refractivity contribution in [3.05, 3.63) is 35.4 Å². The van der Waals surface area contributed by atoms with Crippen LogP contribution in [0.1, 0.15) is 58.7 Å². The van der Waals surface area contributed by atoms with Crippen LogP contribution in [0.2, 0.25) is 0 Å². The second kappa shape index (κ2) is 11.0. The smallest absolute Gasteiger partial charge is 0.408 e. The highest BCUT2D eigenvalue weighted by molar-refractivity contribution is 5.92. The van der Waals surface area contributed by atoms with Gasteiger partial charge in [0.25, 0.3) is 0 Å². The number of amides is 3. The first kappa shape index (κ1) is 26.9. The lowest BCUT2D eigenvalue weighted by Crippen LogP contribution is -2.55. The topological polar surface area (TPSA) is 114 Å². The van der Waals surface area contributed by atoms with Gasteiger partial charge in [0.05, 0.1) is 7.11 Å². The third-order valence-electron chi connectivity index (χ3n) is 4.40. The maximum Gasteiger partial charge on any atom is 0.408 e. The molecule has 0 aliphatic rings. The highest BCUT2D eigenvalue weighted by atomic mass is 16.6. The molecule has 1 rings (SSSR count). The zero-order valence-corrected chi connectivity index (χ0v) is 20.2. The van der Waals surface area contributed by atoms with Crippen molar-refractivity contribution in [2.75, 3.05) is 20.2 Å². The van der Waals surface area contributed by atoms with Crippen molar-refractivity contribution in [3.63, 3.8) is 0 Å². The minimum atomic E-state index is -1.03. The number of rotatable bonds is 7. The van der Waals surface area contributed by atoms with Crippen molar-refractivity contribution in [1.82, 2.24) is 15.5 Å². The average molecular weight is 450 g/mol. The summed E-state index contributed by atoms with van der Waals surface area (Å²) < 4.78 is 9.79. The van der Waals surface area contributed by atoms with Crippen LogP contribution in [0.5, 0.6) is 0 Å². The molecule has 0 bridgehead atoms. The van der Waals surface area contributed by atoms with Crippen molar-refractivity contribution in [2.24, 2.45) is 0 Å². The third-order valence-corrected chi connectivity index (χ3v) is 4.40. The molecule has 3 amide bonds. The summed E-state index contributed by atoms with van der Waals surface area (Å²) in [6, 6.07) is 6.15. The van der Waals surface area contributed by atoms with Gasteiger partial charge in [0.15, 0.2) is 0 Å². The monoisotopic (exact) mass is 449 g/mol. The fraction of sp³-hybridized carbons (Fsp3) is 0.565. The van der Waals surface area contributed by atoms with Gasteiger partial charge in [-0.2, -0.15) is 0 Å². The molecule has 9 nitrogen and oxygen atoms in total. The van der Waals surface area contributed by atoms with E-state index >= 15 is 0 Å². The summed E-state index contributed by atoms with van der Waals surface area (Å²) in [5, 5.41) is 5.00. The minimum absolute atomic E-state index is 0.333. The van der Waals surface area contributed by atoms with Gasteiger partial charge >= 0.3 is 12.1 Å². The lowest BCUT2D eigenvalue weighted by atomic mass is 9.94.